The van der Waals surface area contributed by atoms with Gasteiger partial charge in [0.15, 0.2) is 0 Å². The second kappa shape index (κ2) is 12.9. The molecule has 2 aliphatic rings. The first-order chi connectivity index (χ1) is 22.8. The maximum atomic E-state index is 14.4. The van der Waals surface area contributed by atoms with Gasteiger partial charge >= 0.3 is 0 Å². The summed E-state index contributed by atoms with van der Waals surface area (Å²) >= 11 is 1.56. The minimum atomic E-state index is -1.42. The summed E-state index contributed by atoms with van der Waals surface area (Å²) < 4.78 is 14.4. The molecule has 4 aromatic carbocycles. The summed E-state index contributed by atoms with van der Waals surface area (Å²) in [6, 6.07) is 29.8. The number of nitrogens with zero attached hydrogens (tertiary/aromatic N) is 4. The van der Waals surface area contributed by atoms with E-state index in [4.69, 9.17) is 4.98 Å². The second-order valence-corrected chi connectivity index (χ2v) is 13.9. The highest BCUT2D eigenvalue weighted by Gasteiger charge is 2.30. The van der Waals surface area contributed by atoms with Gasteiger partial charge in [-0.05, 0) is 60.9 Å². The Morgan fingerprint density at radius 3 is 2.17 bits per heavy atom. The van der Waals surface area contributed by atoms with Crippen molar-refractivity contribution in [3.05, 3.63) is 118 Å². The summed E-state index contributed by atoms with van der Waals surface area (Å²) in [4.78, 5) is 38.2. The lowest BCUT2D eigenvalue weighted by molar-refractivity contribution is 0.0713. The molecule has 2 aliphatic heterocycles. The van der Waals surface area contributed by atoms with Crippen LogP contribution in [0.25, 0.3) is 21.9 Å². The first-order valence-electron chi connectivity index (χ1n) is 16.4. The third-order valence-corrected chi connectivity index (χ3v) is 10.6. The number of halogens is 1. The number of aromatic nitrogens is 1. The van der Waals surface area contributed by atoms with Gasteiger partial charge < -0.3 is 14.7 Å². The van der Waals surface area contributed by atoms with Crippen LogP contribution in [0.3, 0.4) is 0 Å². The van der Waals surface area contributed by atoms with Crippen LogP contribution in [-0.4, -0.2) is 65.9 Å². The molecule has 0 unspecified atom stereocenters. The molecule has 5 aromatic rings. The lowest BCUT2D eigenvalue weighted by atomic mass is 9.93. The van der Waals surface area contributed by atoms with E-state index in [0.29, 0.717) is 43.0 Å². The number of hydrogen-bond donors (Lipinski definition) is 0. The van der Waals surface area contributed by atoms with Crippen molar-refractivity contribution in [2.24, 2.45) is 0 Å². The zero-order valence-corrected chi connectivity index (χ0v) is 27.7. The summed E-state index contributed by atoms with van der Waals surface area (Å²) in [7, 11) is 0. The number of thiazole rings is 1. The number of amides is 2. The Morgan fingerprint density at radius 2 is 1.43 bits per heavy atom. The predicted molar refractivity (Wildman–Crippen MR) is 188 cm³/mol. The Labute approximate surface area is 279 Å². The Hall–Kier alpha value is -4.56. The zero-order chi connectivity index (χ0) is 32.5. The number of likely N-dealkylation sites (tertiary alicyclic amines) is 1. The fraction of sp³-hybridized carbons (Fsp3) is 0.308. The third kappa shape index (κ3) is 6.39. The van der Waals surface area contributed by atoms with E-state index in [-0.39, 0.29) is 17.7 Å². The van der Waals surface area contributed by atoms with Crippen molar-refractivity contribution >= 4 is 39.6 Å². The lowest BCUT2D eigenvalue weighted by Crippen LogP contribution is -2.49. The van der Waals surface area contributed by atoms with E-state index in [1.165, 1.54) is 16.5 Å². The number of alkyl halides is 1. The van der Waals surface area contributed by atoms with E-state index >= 15 is 0 Å². The van der Waals surface area contributed by atoms with Crippen molar-refractivity contribution in [3.63, 3.8) is 0 Å². The molecule has 0 radical (unpaired) electrons. The van der Waals surface area contributed by atoms with Crippen molar-refractivity contribution < 1.29 is 14.0 Å². The molecule has 0 bridgehead atoms. The van der Waals surface area contributed by atoms with Gasteiger partial charge in [0.25, 0.3) is 11.8 Å². The van der Waals surface area contributed by atoms with Gasteiger partial charge in [0.1, 0.15) is 11.4 Å². The van der Waals surface area contributed by atoms with Gasteiger partial charge in [-0.25, -0.2) is 9.37 Å². The van der Waals surface area contributed by atoms with Crippen molar-refractivity contribution in [2.75, 3.05) is 44.2 Å². The Morgan fingerprint density at radius 1 is 0.766 bits per heavy atom. The molecule has 240 valence electrons. The molecular formula is C39H39FN4O2S. The van der Waals surface area contributed by atoms with E-state index in [2.05, 4.69) is 47.4 Å². The number of carbonyl (C=O) groups is 2. The summed E-state index contributed by atoms with van der Waals surface area (Å²) in [5.74, 6) is 0.227. The highest BCUT2D eigenvalue weighted by atomic mass is 32.1. The van der Waals surface area contributed by atoms with Crippen LogP contribution in [0.1, 0.15) is 64.0 Å². The number of fused-ring (bicyclic) bond motifs is 1. The number of rotatable bonds is 6. The summed E-state index contributed by atoms with van der Waals surface area (Å²) in [5.41, 5.74) is 3.34. The molecule has 2 amide bonds. The van der Waals surface area contributed by atoms with Gasteiger partial charge in [-0.3, -0.25) is 9.59 Å². The number of carbonyl (C=O) groups excluding carboxylic acids is 2. The van der Waals surface area contributed by atoms with Crippen LogP contribution in [-0.2, 0) is 5.67 Å². The first kappa shape index (κ1) is 31.1. The van der Waals surface area contributed by atoms with Gasteiger partial charge in [-0.15, -0.1) is 11.3 Å². The fourth-order valence-corrected chi connectivity index (χ4v) is 7.80. The highest BCUT2D eigenvalue weighted by molar-refractivity contribution is 7.09. The molecule has 0 spiro atoms. The molecule has 7 rings (SSSR count). The molecule has 0 saturated carbocycles. The quantitative estimate of drug-likeness (QED) is 0.187. The summed E-state index contributed by atoms with van der Waals surface area (Å²) in [6.07, 6.45) is 1.61. The summed E-state index contributed by atoms with van der Waals surface area (Å²) in [5, 5.41) is 5.34. The van der Waals surface area contributed by atoms with E-state index in [1.807, 2.05) is 51.6 Å². The Bertz CT molecular complexity index is 1890. The smallest absolute Gasteiger partial charge is 0.273 e. The molecule has 8 heteroatoms. The van der Waals surface area contributed by atoms with E-state index < -0.39 is 5.67 Å². The molecule has 2 saturated heterocycles. The maximum absolute atomic E-state index is 14.4. The van der Waals surface area contributed by atoms with Gasteiger partial charge in [-0.1, -0.05) is 78.9 Å². The monoisotopic (exact) mass is 646 g/mol. The van der Waals surface area contributed by atoms with Gasteiger partial charge in [0.2, 0.25) is 0 Å². The molecule has 47 heavy (non-hydrogen) atoms. The number of benzene rings is 4. The van der Waals surface area contributed by atoms with Crippen molar-refractivity contribution in [3.8, 4) is 11.1 Å². The van der Waals surface area contributed by atoms with Crippen LogP contribution in [0.4, 0.5) is 10.1 Å². The fourth-order valence-electron chi connectivity index (χ4n) is 6.84. The average Bonchev–Trinajstić information content (AvgIpc) is 3.61. The number of anilines is 1. The van der Waals surface area contributed by atoms with Crippen LogP contribution < -0.4 is 4.90 Å². The van der Waals surface area contributed by atoms with Crippen LogP contribution in [0.2, 0.25) is 0 Å². The first-order valence-corrected chi connectivity index (χ1v) is 17.3. The molecule has 2 fully saturated rings. The van der Waals surface area contributed by atoms with E-state index in [9.17, 15) is 14.0 Å². The molecule has 0 aliphatic carbocycles. The molecule has 0 atom stereocenters. The van der Waals surface area contributed by atoms with Crippen molar-refractivity contribution in [2.45, 2.75) is 38.3 Å². The van der Waals surface area contributed by atoms with Gasteiger partial charge in [-0.2, -0.15) is 0 Å². The third-order valence-electron chi connectivity index (χ3n) is 9.59. The number of piperazine rings is 1. The molecular weight excluding hydrogens is 608 g/mol. The normalized spacial score (nSPS) is 16.1. The van der Waals surface area contributed by atoms with Gasteiger partial charge in [0.05, 0.1) is 5.01 Å². The van der Waals surface area contributed by atoms with Crippen molar-refractivity contribution in [1.82, 2.24) is 14.8 Å². The van der Waals surface area contributed by atoms with E-state index in [1.54, 1.807) is 37.3 Å². The minimum Gasteiger partial charge on any atom is -0.367 e. The number of piperidine rings is 1. The molecule has 1 aromatic heterocycles. The molecule has 3 heterocycles. The second-order valence-electron chi connectivity index (χ2n) is 13.0. The van der Waals surface area contributed by atoms with Crippen molar-refractivity contribution in [1.29, 1.82) is 0 Å². The number of hydrogen-bond acceptors (Lipinski definition) is 5. The Balaban J connectivity index is 0.959. The SMILES string of the molecule is CC(C)(F)c1ccc(-c2ccccc2C(=O)N2CCC(c3nc(C(=O)N4CCN(c5cccc6ccccc56)CC4)cs3)CC2)cc1. The topological polar surface area (TPSA) is 56.8 Å². The van der Waals surface area contributed by atoms with Crippen LogP contribution in [0.5, 0.6) is 0 Å². The molecule has 0 N–H and O–H groups in total. The average molecular weight is 647 g/mol. The molecule has 6 nitrogen and oxygen atoms in total. The maximum Gasteiger partial charge on any atom is 0.273 e. The predicted octanol–water partition coefficient (Wildman–Crippen LogP) is 8.15. The zero-order valence-electron chi connectivity index (χ0n) is 26.9. The van der Waals surface area contributed by atoms with E-state index in [0.717, 1.165) is 42.1 Å². The summed E-state index contributed by atoms with van der Waals surface area (Å²) in [6.45, 7) is 7.24. The highest BCUT2D eigenvalue weighted by Crippen LogP contribution is 2.34. The Kier molecular flexibility index (Phi) is 8.53. The largest absolute Gasteiger partial charge is 0.367 e. The lowest BCUT2D eigenvalue weighted by Gasteiger charge is -2.36. The van der Waals surface area contributed by atoms with Crippen LogP contribution in [0, 0.1) is 0 Å². The minimum absolute atomic E-state index is 0.00241. The van der Waals surface area contributed by atoms with Crippen LogP contribution in [0.15, 0.2) is 96.4 Å². The standard InChI is InChI=1S/C39H39FN4O2S/c1-39(2,40)30-16-14-28(15-17-30)31-10-5-6-12-33(31)37(45)43-20-18-29(19-21-43)36-41-34(26-47-36)38(46)44-24-22-42(23-25-44)35-13-7-9-27-8-3-4-11-32(27)35/h3-17,26,29H,18-25H2,1-2H3. The van der Waals surface area contributed by atoms with Crippen LogP contribution >= 0.6 is 11.3 Å². The van der Waals surface area contributed by atoms with Gasteiger partial charge in [0, 0.05) is 67.2 Å².